The normalized spacial score (nSPS) is 16.0. The number of rotatable bonds is 6. The van der Waals surface area contributed by atoms with Crippen LogP contribution in [-0.2, 0) is 0 Å². The molecule has 0 saturated heterocycles. The Hall–Kier alpha value is -6.19. The number of anilines is 4. The van der Waals surface area contributed by atoms with Crippen LogP contribution in [0.2, 0.25) is 0 Å². The molecular formula is C45H33N3. The van der Waals surface area contributed by atoms with E-state index in [0.29, 0.717) is 0 Å². The smallest absolute Gasteiger partial charge is 0.148 e. The molecule has 0 bridgehead atoms. The minimum atomic E-state index is -0.145. The quantitative estimate of drug-likeness (QED) is 0.185. The molecule has 3 heteroatoms. The molecule has 7 aromatic rings. The molecule has 48 heavy (non-hydrogen) atoms. The van der Waals surface area contributed by atoms with Gasteiger partial charge in [-0.15, -0.1) is 0 Å². The van der Waals surface area contributed by atoms with Crippen LogP contribution < -0.4 is 9.80 Å². The van der Waals surface area contributed by atoms with Crippen molar-refractivity contribution in [3.63, 3.8) is 0 Å². The molecule has 1 aliphatic heterocycles. The summed E-state index contributed by atoms with van der Waals surface area (Å²) in [4.78, 5) is 10.3. The van der Waals surface area contributed by atoms with Crippen molar-refractivity contribution in [3.8, 4) is 22.3 Å². The summed E-state index contributed by atoms with van der Waals surface area (Å²) in [6.07, 6.45) is -0.145. The van der Waals surface area contributed by atoms with Gasteiger partial charge in [-0.05, 0) is 81.9 Å². The van der Waals surface area contributed by atoms with Gasteiger partial charge in [0.15, 0.2) is 0 Å². The topological polar surface area (TPSA) is 18.8 Å². The van der Waals surface area contributed by atoms with Crippen LogP contribution in [0.5, 0.6) is 0 Å². The second kappa shape index (κ2) is 11.9. The van der Waals surface area contributed by atoms with Crippen LogP contribution in [-0.4, -0.2) is 5.71 Å². The second-order valence-corrected chi connectivity index (χ2v) is 12.3. The van der Waals surface area contributed by atoms with Crippen LogP contribution in [0.1, 0.15) is 28.9 Å². The molecule has 2 unspecified atom stereocenters. The van der Waals surface area contributed by atoms with Gasteiger partial charge in [0.25, 0.3) is 0 Å². The third kappa shape index (κ3) is 4.80. The number of nitrogens with zero attached hydrogens (tertiary/aromatic N) is 3. The molecule has 9 rings (SSSR count). The minimum absolute atomic E-state index is 0.0351. The molecule has 0 fully saturated rings. The van der Waals surface area contributed by atoms with Gasteiger partial charge in [-0.2, -0.15) is 0 Å². The lowest BCUT2D eigenvalue weighted by molar-refractivity contribution is 0.669. The molecule has 1 aliphatic carbocycles. The summed E-state index contributed by atoms with van der Waals surface area (Å²) in [5.74, 6) is 0. The first-order valence-electron chi connectivity index (χ1n) is 16.5. The Morgan fingerprint density at radius 1 is 0.417 bits per heavy atom. The first kappa shape index (κ1) is 28.1. The maximum Gasteiger partial charge on any atom is 0.148 e. The van der Waals surface area contributed by atoms with Gasteiger partial charge < -0.3 is 9.80 Å². The van der Waals surface area contributed by atoms with Gasteiger partial charge >= 0.3 is 0 Å². The monoisotopic (exact) mass is 615 g/mol. The first-order chi connectivity index (χ1) is 23.8. The Bertz CT molecular complexity index is 2190. The first-order valence-corrected chi connectivity index (χ1v) is 16.5. The fraction of sp³-hybridized carbons (Fsp3) is 0.0444. The number of fused-ring (bicyclic) bond motifs is 6. The van der Waals surface area contributed by atoms with Crippen molar-refractivity contribution in [1.29, 1.82) is 0 Å². The third-order valence-electron chi connectivity index (χ3n) is 9.56. The molecule has 2 atom stereocenters. The third-order valence-corrected chi connectivity index (χ3v) is 9.56. The van der Waals surface area contributed by atoms with Crippen molar-refractivity contribution in [3.05, 3.63) is 205 Å². The van der Waals surface area contributed by atoms with Crippen molar-refractivity contribution >= 4 is 28.5 Å². The summed E-state index contributed by atoms with van der Waals surface area (Å²) in [5, 5.41) is 0. The molecule has 228 valence electrons. The molecule has 0 radical (unpaired) electrons. The Kier molecular flexibility index (Phi) is 6.94. The van der Waals surface area contributed by atoms with Gasteiger partial charge in [-0.1, -0.05) is 140 Å². The lowest BCUT2D eigenvalue weighted by Gasteiger charge is -2.36. The Labute approximate surface area is 281 Å². The molecule has 7 aromatic carbocycles. The zero-order valence-corrected chi connectivity index (χ0v) is 26.4. The molecule has 0 saturated carbocycles. The molecule has 0 N–H and O–H groups in total. The van der Waals surface area contributed by atoms with E-state index in [1.165, 1.54) is 44.6 Å². The molecule has 2 aliphatic rings. The summed E-state index contributed by atoms with van der Waals surface area (Å²) in [7, 11) is 0. The van der Waals surface area contributed by atoms with Crippen LogP contribution in [0.25, 0.3) is 22.3 Å². The number of hydrogen-bond acceptors (Lipinski definition) is 3. The standard InChI is InChI=1S/C45H33N3/c1-4-14-35(15-5-1)47(36-16-6-2-7-17-36)38-30-28-33(29-31-38)32-24-26-34(27-25-32)45-46-43-41-22-12-10-20-39(41)40-21-11-13-23-42(40)44(43)48(45)37-18-8-3-9-19-37/h1-31,44-45H. The van der Waals surface area contributed by atoms with Crippen LogP contribution in [0, 0.1) is 0 Å². The van der Waals surface area contributed by atoms with Crippen LogP contribution >= 0.6 is 0 Å². The van der Waals surface area contributed by atoms with E-state index in [1.54, 1.807) is 0 Å². The number of hydrogen-bond donors (Lipinski definition) is 0. The van der Waals surface area contributed by atoms with Gasteiger partial charge in [0.05, 0.1) is 11.8 Å². The lowest BCUT2D eigenvalue weighted by Crippen LogP contribution is -2.32. The highest BCUT2D eigenvalue weighted by Crippen LogP contribution is 2.50. The Balaban J connectivity index is 1.07. The van der Waals surface area contributed by atoms with Crippen LogP contribution in [0.4, 0.5) is 22.7 Å². The molecule has 0 amide bonds. The van der Waals surface area contributed by atoms with E-state index in [9.17, 15) is 0 Å². The average molecular weight is 616 g/mol. The van der Waals surface area contributed by atoms with Crippen LogP contribution in [0.15, 0.2) is 193 Å². The van der Waals surface area contributed by atoms with Gasteiger partial charge in [0.1, 0.15) is 6.17 Å². The number of para-hydroxylation sites is 3. The number of benzene rings is 7. The van der Waals surface area contributed by atoms with Gasteiger partial charge in [-0.25, -0.2) is 0 Å². The lowest BCUT2D eigenvalue weighted by atomic mass is 9.81. The summed E-state index contributed by atoms with van der Waals surface area (Å²) in [5.41, 5.74) is 14.3. The summed E-state index contributed by atoms with van der Waals surface area (Å²) >= 11 is 0. The highest BCUT2D eigenvalue weighted by atomic mass is 15.3. The molecular weight excluding hydrogens is 583 g/mol. The highest BCUT2D eigenvalue weighted by Gasteiger charge is 2.43. The fourth-order valence-electron chi connectivity index (χ4n) is 7.35. The largest absolute Gasteiger partial charge is 0.333 e. The van der Waals surface area contributed by atoms with Gasteiger partial charge in [-0.3, -0.25) is 4.99 Å². The molecule has 0 aromatic heterocycles. The van der Waals surface area contributed by atoms with Crippen molar-refractivity contribution in [2.45, 2.75) is 12.2 Å². The zero-order chi connectivity index (χ0) is 31.9. The van der Waals surface area contributed by atoms with E-state index in [0.717, 1.165) is 22.8 Å². The predicted octanol–water partition coefficient (Wildman–Crippen LogP) is 11.6. The average Bonchev–Trinajstić information content (AvgIpc) is 3.58. The highest BCUT2D eigenvalue weighted by molar-refractivity contribution is 6.15. The summed E-state index contributed by atoms with van der Waals surface area (Å²) in [6.45, 7) is 0. The van der Waals surface area contributed by atoms with E-state index in [1.807, 2.05) is 0 Å². The van der Waals surface area contributed by atoms with Gasteiger partial charge in [0.2, 0.25) is 0 Å². The number of aliphatic imine (C=N–C) groups is 1. The molecule has 3 nitrogen and oxygen atoms in total. The zero-order valence-electron chi connectivity index (χ0n) is 26.4. The van der Waals surface area contributed by atoms with E-state index < -0.39 is 0 Å². The second-order valence-electron chi connectivity index (χ2n) is 12.3. The fourth-order valence-corrected chi connectivity index (χ4v) is 7.35. The van der Waals surface area contributed by atoms with Crippen LogP contribution in [0.3, 0.4) is 0 Å². The maximum absolute atomic E-state index is 5.51. The Morgan fingerprint density at radius 2 is 0.896 bits per heavy atom. The SMILES string of the molecule is c1ccc(N(c2ccccc2)c2ccc(-c3ccc(C4N=C5c6ccccc6-c6ccccc6C5N4c4ccccc4)cc3)cc2)cc1. The Morgan fingerprint density at radius 3 is 1.52 bits per heavy atom. The van der Waals surface area contributed by atoms with Gasteiger partial charge in [0, 0.05) is 28.3 Å². The van der Waals surface area contributed by atoms with E-state index in [4.69, 9.17) is 4.99 Å². The van der Waals surface area contributed by atoms with E-state index >= 15 is 0 Å². The predicted molar refractivity (Wildman–Crippen MR) is 199 cm³/mol. The molecule has 0 spiro atoms. The van der Waals surface area contributed by atoms with E-state index in [2.05, 4.69) is 198 Å². The van der Waals surface area contributed by atoms with Crippen molar-refractivity contribution < 1.29 is 0 Å². The molecule has 1 heterocycles. The van der Waals surface area contributed by atoms with Crippen molar-refractivity contribution in [2.75, 3.05) is 9.80 Å². The maximum atomic E-state index is 5.51. The summed E-state index contributed by atoms with van der Waals surface area (Å²) < 4.78 is 0. The summed E-state index contributed by atoms with van der Waals surface area (Å²) in [6, 6.07) is 67.2. The van der Waals surface area contributed by atoms with Crippen molar-refractivity contribution in [2.24, 2.45) is 4.99 Å². The minimum Gasteiger partial charge on any atom is -0.333 e. The van der Waals surface area contributed by atoms with E-state index in [-0.39, 0.29) is 12.2 Å². The van der Waals surface area contributed by atoms with Crippen molar-refractivity contribution in [1.82, 2.24) is 0 Å².